The summed E-state index contributed by atoms with van der Waals surface area (Å²) >= 11 is 0. The first-order chi connectivity index (χ1) is 8.15. The molecule has 0 saturated heterocycles. The summed E-state index contributed by atoms with van der Waals surface area (Å²) in [6.07, 6.45) is 4.48. The van der Waals surface area contributed by atoms with Gasteiger partial charge in [0.25, 0.3) is 0 Å². The molecule has 0 aromatic carbocycles. The maximum Gasteiger partial charge on any atom is 0.334 e. The van der Waals surface area contributed by atoms with Crippen LogP contribution in [0.3, 0.4) is 0 Å². The van der Waals surface area contributed by atoms with E-state index in [0.717, 1.165) is 12.8 Å². The second-order valence-electron chi connectivity index (χ2n) is 3.87. The number of nitriles is 1. The summed E-state index contributed by atoms with van der Waals surface area (Å²) in [5.74, 6) is -0.386. The van der Waals surface area contributed by atoms with Crippen molar-refractivity contribution in [1.82, 2.24) is 0 Å². The van der Waals surface area contributed by atoms with Crippen molar-refractivity contribution in [2.75, 3.05) is 13.7 Å². The minimum Gasteiger partial charge on any atom is -0.462 e. The highest BCUT2D eigenvalue weighted by Gasteiger charge is 2.11. The zero-order valence-electron chi connectivity index (χ0n) is 10.9. The smallest absolute Gasteiger partial charge is 0.334 e. The number of rotatable bonds is 8. The first-order valence-electron chi connectivity index (χ1n) is 5.94. The van der Waals surface area contributed by atoms with Crippen LogP contribution < -0.4 is 0 Å². The predicted molar refractivity (Wildman–Crippen MR) is 65.3 cm³/mol. The molecule has 4 heteroatoms. The number of unbranched alkanes of at least 4 members (excludes halogenated alkanes) is 1. The van der Waals surface area contributed by atoms with Crippen molar-refractivity contribution in [2.45, 2.75) is 45.6 Å². The third kappa shape index (κ3) is 7.53. The number of hydrogen-bond donors (Lipinski definition) is 0. The van der Waals surface area contributed by atoms with E-state index in [2.05, 4.69) is 0 Å². The first kappa shape index (κ1) is 15.7. The molecule has 1 unspecified atom stereocenters. The lowest BCUT2D eigenvalue weighted by Crippen LogP contribution is -2.14. The normalized spacial score (nSPS) is 12.9. The summed E-state index contributed by atoms with van der Waals surface area (Å²) in [7, 11) is 1.62. The summed E-state index contributed by atoms with van der Waals surface area (Å²) in [6.45, 7) is 4.27. The number of hydrogen-bond acceptors (Lipinski definition) is 4. The van der Waals surface area contributed by atoms with Crippen LogP contribution in [-0.2, 0) is 14.3 Å². The van der Waals surface area contributed by atoms with Gasteiger partial charge in [0.2, 0.25) is 0 Å². The zero-order valence-corrected chi connectivity index (χ0v) is 10.9. The van der Waals surface area contributed by atoms with Crippen molar-refractivity contribution < 1.29 is 14.3 Å². The first-order valence-corrected chi connectivity index (χ1v) is 5.94. The number of ether oxygens (including phenoxy) is 2. The molecule has 0 fully saturated rings. The lowest BCUT2D eigenvalue weighted by atomic mass is 10.1. The second-order valence-corrected chi connectivity index (χ2v) is 3.87. The van der Waals surface area contributed by atoms with Gasteiger partial charge in [0.1, 0.15) is 0 Å². The SMILES string of the molecule is CCCCC(=CC#N)C(=O)OCCC(C)OC. The Balaban J connectivity index is 4.07. The van der Waals surface area contributed by atoms with Crippen LogP contribution in [0.2, 0.25) is 0 Å². The van der Waals surface area contributed by atoms with Gasteiger partial charge in [-0.25, -0.2) is 4.79 Å². The number of esters is 1. The van der Waals surface area contributed by atoms with E-state index in [9.17, 15) is 4.79 Å². The third-order valence-corrected chi connectivity index (χ3v) is 2.46. The fraction of sp³-hybridized carbons (Fsp3) is 0.692. The molecule has 0 spiro atoms. The van der Waals surface area contributed by atoms with Gasteiger partial charge in [-0.1, -0.05) is 13.3 Å². The molecule has 0 aliphatic heterocycles. The van der Waals surface area contributed by atoms with Crippen molar-refractivity contribution in [3.63, 3.8) is 0 Å². The molecule has 0 aromatic rings. The van der Waals surface area contributed by atoms with E-state index in [1.807, 2.05) is 19.9 Å². The number of allylic oxidation sites excluding steroid dienone is 1. The largest absolute Gasteiger partial charge is 0.462 e. The molecule has 0 amide bonds. The molecule has 0 radical (unpaired) electrons. The molecular weight excluding hydrogens is 218 g/mol. The van der Waals surface area contributed by atoms with Crippen LogP contribution in [0.25, 0.3) is 0 Å². The average Bonchev–Trinajstić information content (AvgIpc) is 2.33. The maximum absolute atomic E-state index is 11.6. The molecule has 17 heavy (non-hydrogen) atoms. The molecular formula is C13H21NO3. The minimum absolute atomic E-state index is 0.0711. The summed E-state index contributed by atoms with van der Waals surface area (Å²) in [5.41, 5.74) is 0.458. The maximum atomic E-state index is 11.6. The van der Waals surface area contributed by atoms with Crippen molar-refractivity contribution >= 4 is 5.97 Å². The van der Waals surface area contributed by atoms with Gasteiger partial charge in [-0.15, -0.1) is 0 Å². The Labute approximate surface area is 103 Å². The zero-order chi connectivity index (χ0) is 13.1. The van der Waals surface area contributed by atoms with Gasteiger partial charge >= 0.3 is 5.97 Å². The monoisotopic (exact) mass is 239 g/mol. The molecule has 0 aromatic heterocycles. The highest BCUT2D eigenvalue weighted by atomic mass is 16.5. The Kier molecular flexibility index (Phi) is 9.08. The standard InChI is InChI=1S/C13H21NO3/c1-4-5-6-12(7-9-14)13(15)17-10-8-11(2)16-3/h7,11H,4-6,8,10H2,1-3H3. The Morgan fingerprint density at radius 2 is 2.24 bits per heavy atom. The van der Waals surface area contributed by atoms with E-state index >= 15 is 0 Å². The number of carbonyl (C=O) groups is 1. The van der Waals surface area contributed by atoms with E-state index in [-0.39, 0.29) is 12.1 Å². The Hall–Kier alpha value is -1.34. The van der Waals surface area contributed by atoms with Crippen LogP contribution in [0.15, 0.2) is 11.6 Å². The Morgan fingerprint density at radius 1 is 1.53 bits per heavy atom. The van der Waals surface area contributed by atoms with Gasteiger partial charge in [0.15, 0.2) is 0 Å². The van der Waals surface area contributed by atoms with Crippen LogP contribution in [-0.4, -0.2) is 25.8 Å². The van der Waals surface area contributed by atoms with Crippen LogP contribution in [0, 0.1) is 11.3 Å². The van der Waals surface area contributed by atoms with Gasteiger partial charge in [-0.2, -0.15) is 5.26 Å². The Morgan fingerprint density at radius 3 is 2.76 bits per heavy atom. The van der Waals surface area contributed by atoms with Crippen LogP contribution in [0.1, 0.15) is 39.5 Å². The quantitative estimate of drug-likeness (QED) is 0.371. The number of carbonyl (C=O) groups excluding carboxylic acids is 1. The van der Waals surface area contributed by atoms with E-state index in [1.54, 1.807) is 7.11 Å². The third-order valence-electron chi connectivity index (χ3n) is 2.46. The van der Waals surface area contributed by atoms with E-state index in [4.69, 9.17) is 14.7 Å². The lowest BCUT2D eigenvalue weighted by molar-refractivity contribution is -0.139. The molecule has 0 N–H and O–H groups in total. The molecule has 0 bridgehead atoms. The fourth-order valence-electron chi connectivity index (χ4n) is 1.21. The highest BCUT2D eigenvalue weighted by molar-refractivity contribution is 5.88. The average molecular weight is 239 g/mol. The van der Waals surface area contributed by atoms with Crippen LogP contribution in [0.4, 0.5) is 0 Å². The molecule has 0 rings (SSSR count). The van der Waals surface area contributed by atoms with Gasteiger partial charge in [-0.05, 0) is 19.8 Å². The van der Waals surface area contributed by atoms with E-state index in [0.29, 0.717) is 25.0 Å². The van der Waals surface area contributed by atoms with Gasteiger partial charge in [-0.3, -0.25) is 0 Å². The van der Waals surface area contributed by atoms with Crippen molar-refractivity contribution in [3.05, 3.63) is 11.6 Å². The van der Waals surface area contributed by atoms with Crippen LogP contribution >= 0.6 is 0 Å². The molecule has 0 heterocycles. The molecule has 1 atom stereocenters. The molecule has 4 nitrogen and oxygen atoms in total. The van der Waals surface area contributed by atoms with Crippen molar-refractivity contribution in [2.24, 2.45) is 0 Å². The molecule has 0 saturated carbocycles. The van der Waals surface area contributed by atoms with E-state index in [1.165, 1.54) is 6.08 Å². The van der Waals surface area contributed by atoms with E-state index < -0.39 is 0 Å². The minimum atomic E-state index is -0.386. The van der Waals surface area contributed by atoms with Gasteiger partial charge in [0.05, 0.1) is 18.8 Å². The van der Waals surface area contributed by atoms with Crippen LogP contribution in [0.5, 0.6) is 0 Å². The number of methoxy groups -OCH3 is 1. The second kappa shape index (κ2) is 9.86. The predicted octanol–water partition coefficient (Wildman–Crippen LogP) is 2.59. The summed E-state index contributed by atoms with van der Waals surface area (Å²) in [6, 6.07) is 1.88. The highest BCUT2D eigenvalue weighted by Crippen LogP contribution is 2.09. The molecule has 96 valence electrons. The fourth-order valence-corrected chi connectivity index (χ4v) is 1.21. The van der Waals surface area contributed by atoms with Crippen molar-refractivity contribution in [1.29, 1.82) is 5.26 Å². The molecule has 0 aliphatic rings. The number of nitrogens with zero attached hydrogens (tertiary/aromatic N) is 1. The topological polar surface area (TPSA) is 59.3 Å². The molecule has 0 aliphatic carbocycles. The lowest BCUT2D eigenvalue weighted by Gasteiger charge is -2.10. The summed E-state index contributed by atoms with van der Waals surface area (Å²) in [5, 5.41) is 8.58. The van der Waals surface area contributed by atoms with Gasteiger partial charge < -0.3 is 9.47 Å². The summed E-state index contributed by atoms with van der Waals surface area (Å²) in [4.78, 5) is 11.6. The van der Waals surface area contributed by atoms with Gasteiger partial charge in [0, 0.05) is 25.2 Å². The summed E-state index contributed by atoms with van der Waals surface area (Å²) < 4.78 is 10.1. The van der Waals surface area contributed by atoms with Crippen molar-refractivity contribution in [3.8, 4) is 6.07 Å². The Bertz CT molecular complexity index is 292.